The molecule has 3 atom stereocenters. The largest absolute Gasteiger partial charge is 0.435 e. The number of nitrogens with two attached hydrogens (primary N) is 1. The zero-order chi connectivity index (χ0) is 21.7. The predicted molar refractivity (Wildman–Crippen MR) is 81.8 cm³/mol. The van der Waals surface area contributed by atoms with E-state index in [1.807, 2.05) is 0 Å². The molecular weight excluding hydrogens is 403 g/mol. The highest BCUT2D eigenvalue weighted by atomic mass is 19.4. The van der Waals surface area contributed by atoms with Crippen LogP contribution in [0.1, 0.15) is 24.8 Å². The highest BCUT2D eigenvalue weighted by molar-refractivity contribution is 5.79. The third-order valence-corrected chi connectivity index (χ3v) is 3.85. The number of amides is 1. The average Bonchev–Trinajstić information content (AvgIpc) is 2.47. The first-order chi connectivity index (χ1) is 12.7. The van der Waals surface area contributed by atoms with Crippen LogP contribution in [-0.4, -0.2) is 42.6 Å². The molecule has 160 valence electrons. The molecule has 3 N–H and O–H groups in total. The molecule has 0 saturated heterocycles. The van der Waals surface area contributed by atoms with E-state index in [2.05, 4.69) is 9.47 Å². The van der Waals surface area contributed by atoms with Gasteiger partial charge < -0.3 is 20.3 Å². The average molecular weight is 421 g/mol. The molecule has 0 spiro atoms. The van der Waals surface area contributed by atoms with Crippen LogP contribution in [-0.2, 0) is 9.53 Å². The first-order valence-corrected chi connectivity index (χ1v) is 7.76. The van der Waals surface area contributed by atoms with Crippen molar-refractivity contribution in [2.45, 2.75) is 44.3 Å². The Balaban J connectivity index is 3.38. The first-order valence-electron chi connectivity index (χ1n) is 7.76. The Kier molecular flexibility index (Phi) is 8.05. The normalized spacial score (nSPS) is 16.7. The van der Waals surface area contributed by atoms with Crippen molar-refractivity contribution in [3.63, 3.8) is 0 Å². The van der Waals surface area contributed by atoms with Crippen LogP contribution >= 0.6 is 0 Å². The molecule has 0 aromatic heterocycles. The van der Waals surface area contributed by atoms with Gasteiger partial charge in [-0.2, -0.15) is 30.7 Å². The monoisotopic (exact) mass is 421 g/mol. The number of benzene rings is 1. The highest BCUT2D eigenvalue weighted by Crippen LogP contribution is 2.40. The summed E-state index contributed by atoms with van der Waals surface area (Å²) in [5, 5.41) is 10.3. The number of ether oxygens (including phenoxy) is 2. The van der Waals surface area contributed by atoms with Gasteiger partial charge in [0.2, 0.25) is 5.91 Å². The van der Waals surface area contributed by atoms with E-state index in [4.69, 9.17) is 5.73 Å². The summed E-state index contributed by atoms with van der Waals surface area (Å²) in [4.78, 5) is 11.9. The van der Waals surface area contributed by atoms with Crippen LogP contribution in [0, 0.1) is 5.92 Å². The van der Waals surface area contributed by atoms with Gasteiger partial charge in [0.1, 0.15) is 5.75 Å². The van der Waals surface area contributed by atoms with Gasteiger partial charge >= 0.3 is 19.4 Å². The number of aliphatic hydroxyl groups is 1. The van der Waals surface area contributed by atoms with E-state index in [1.165, 1.54) is 0 Å². The summed E-state index contributed by atoms with van der Waals surface area (Å²) in [6.07, 6.45) is -6.78. The second-order valence-electron chi connectivity index (χ2n) is 6.18. The molecular formula is C16H18F7NO4. The number of rotatable bonds is 10. The Morgan fingerprint density at radius 2 is 1.79 bits per heavy atom. The van der Waals surface area contributed by atoms with Gasteiger partial charge in [0.05, 0.1) is 24.5 Å². The topological polar surface area (TPSA) is 81.8 Å². The molecule has 5 nitrogen and oxygen atoms in total. The number of primary amides is 1. The molecule has 1 aromatic rings. The number of alkyl halides is 7. The van der Waals surface area contributed by atoms with Crippen molar-refractivity contribution < 1.29 is 50.1 Å². The molecule has 12 heteroatoms. The van der Waals surface area contributed by atoms with Crippen LogP contribution in [0.4, 0.5) is 30.7 Å². The van der Waals surface area contributed by atoms with E-state index in [9.17, 15) is 40.6 Å². The maximum absolute atomic E-state index is 12.8. The smallest absolute Gasteiger partial charge is 0.391 e. The molecule has 0 heterocycles. The number of carbonyl (C=O) groups excluding carboxylic acids is 1. The SMILES string of the molecule is CC(O)(CC(F)(F)F)C(C(N)=O)[C@@H](COC(F)F)c1cccc(OC(F)F)c1. The Hall–Kier alpha value is -2.08. The standard InChI is InChI=1S/C16H18F7NO4/c1-15(26,7-16(21,22)23)11(12(24)25)10(6-27-13(17)18)8-3-2-4-9(5-8)28-14(19)20/h2-5,10-11,13-14,26H,6-7H2,1H3,(H2,24,25)/t10-,11?,15?/m0/s1. The minimum atomic E-state index is -4.91. The van der Waals surface area contributed by atoms with Crippen molar-refractivity contribution in [1.29, 1.82) is 0 Å². The fraction of sp³-hybridized carbons (Fsp3) is 0.562. The third-order valence-electron chi connectivity index (χ3n) is 3.85. The van der Waals surface area contributed by atoms with Crippen molar-refractivity contribution in [3.05, 3.63) is 29.8 Å². The summed E-state index contributed by atoms with van der Waals surface area (Å²) in [5.41, 5.74) is 2.19. The van der Waals surface area contributed by atoms with E-state index >= 15 is 0 Å². The second-order valence-corrected chi connectivity index (χ2v) is 6.18. The molecule has 0 aliphatic carbocycles. The van der Waals surface area contributed by atoms with Gasteiger partial charge in [0, 0.05) is 5.92 Å². The van der Waals surface area contributed by atoms with Crippen molar-refractivity contribution in [2.75, 3.05) is 6.61 Å². The molecule has 0 radical (unpaired) electrons. The summed E-state index contributed by atoms with van der Waals surface area (Å²) in [6, 6.07) is 4.30. The lowest BCUT2D eigenvalue weighted by Gasteiger charge is -2.37. The fourth-order valence-corrected chi connectivity index (χ4v) is 2.94. The molecule has 0 bridgehead atoms. The van der Waals surface area contributed by atoms with Gasteiger partial charge in [-0.05, 0) is 24.6 Å². The Labute approximate surface area is 155 Å². The van der Waals surface area contributed by atoms with Gasteiger partial charge in [-0.1, -0.05) is 12.1 Å². The third kappa shape index (κ3) is 7.50. The van der Waals surface area contributed by atoms with E-state index in [0.29, 0.717) is 6.92 Å². The van der Waals surface area contributed by atoms with Crippen LogP contribution < -0.4 is 10.5 Å². The van der Waals surface area contributed by atoms with Gasteiger partial charge in [0.25, 0.3) is 0 Å². The molecule has 0 aliphatic rings. The van der Waals surface area contributed by atoms with E-state index in [0.717, 1.165) is 24.3 Å². The van der Waals surface area contributed by atoms with Crippen LogP contribution in [0.25, 0.3) is 0 Å². The van der Waals surface area contributed by atoms with Gasteiger partial charge in [-0.25, -0.2) is 0 Å². The van der Waals surface area contributed by atoms with Crippen LogP contribution in [0.3, 0.4) is 0 Å². The maximum atomic E-state index is 12.8. The van der Waals surface area contributed by atoms with Gasteiger partial charge in [-0.15, -0.1) is 0 Å². The molecule has 1 amide bonds. The number of hydrogen-bond acceptors (Lipinski definition) is 4. The molecule has 1 rings (SSSR count). The lowest BCUT2D eigenvalue weighted by Crippen LogP contribution is -2.49. The Bertz CT molecular complexity index is 652. The molecule has 1 aromatic carbocycles. The van der Waals surface area contributed by atoms with E-state index < -0.39 is 61.5 Å². The van der Waals surface area contributed by atoms with E-state index in [-0.39, 0.29) is 5.56 Å². The van der Waals surface area contributed by atoms with Crippen LogP contribution in [0.15, 0.2) is 24.3 Å². The number of hydrogen-bond donors (Lipinski definition) is 2. The summed E-state index contributed by atoms with van der Waals surface area (Å²) in [7, 11) is 0. The number of carbonyl (C=O) groups is 1. The van der Waals surface area contributed by atoms with Crippen molar-refractivity contribution in [2.24, 2.45) is 11.7 Å². The fourth-order valence-electron chi connectivity index (χ4n) is 2.94. The molecule has 0 aliphatic heterocycles. The first kappa shape index (κ1) is 24.0. The van der Waals surface area contributed by atoms with Gasteiger partial charge in [-0.3, -0.25) is 4.79 Å². The molecule has 0 saturated carbocycles. The number of halogens is 7. The lowest BCUT2D eigenvalue weighted by atomic mass is 9.74. The quantitative estimate of drug-likeness (QED) is 0.568. The van der Waals surface area contributed by atoms with E-state index in [1.54, 1.807) is 0 Å². The summed E-state index contributed by atoms with van der Waals surface area (Å²) >= 11 is 0. The Morgan fingerprint density at radius 1 is 1.18 bits per heavy atom. The minimum absolute atomic E-state index is 0.162. The zero-order valence-corrected chi connectivity index (χ0v) is 14.4. The maximum Gasteiger partial charge on any atom is 0.391 e. The highest BCUT2D eigenvalue weighted by Gasteiger charge is 2.49. The summed E-state index contributed by atoms with van der Waals surface area (Å²) in [5.74, 6) is -5.50. The predicted octanol–water partition coefficient (Wildman–Crippen LogP) is 3.42. The van der Waals surface area contributed by atoms with Crippen molar-refractivity contribution in [1.82, 2.24) is 0 Å². The summed E-state index contributed by atoms with van der Waals surface area (Å²) in [6.45, 7) is -6.92. The lowest BCUT2D eigenvalue weighted by molar-refractivity contribution is -0.191. The van der Waals surface area contributed by atoms with Crippen molar-refractivity contribution >= 4 is 5.91 Å². The Morgan fingerprint density at radius 3 is 2.25 bits per heavy atom. The minimum Gasteiger partial charge on any atom is -0.435 e. The van der Waals surface area contributed by atoms with Crippen LogP contribution in [0.2, 0.25) is 0 Å². The molecule has 0 fully saturated rings. The van der Waals surface area contributed by atoms with Crippen LogP contribution in [0.5, 0.6) is 5.75 Å². The van der Waals surface area contributed by atoms with Gasteiger partial charge in [0.15, 0.2) is 0 Å². The molecule has 28 heavy (non-hydrogen) atoms. The van der Waals surface area contributed by atoms with Crippen molar-refractivity contribution in [3.8, 4) is 5.75 Å². The summed E-state index contributed by atoms with van der Waals surface area (Å²) < 4.78 is 96.4. The second kappa shape index (κ2) is 9.41. The molecule has 2 unspecified atom stereocenters. The zero-order valence-electron chi connectivity index (χ0n) is 14.4.